The Balaban J connectivity index is 1.30. The van der Waals surface area contributed by atoms with Crippen LogP contribution >= 0.6 is 0 Å². The molecule has 0 spiro atoms. The minimum absolute atomic E-state index is 0.865. The summed E-state index contributed by atoms with van der Waals surface area (Å²) in [5.41, 5.74) is 5.54. The minimum Gasteiger partial charge on any atom is -0.456 e. The fourth-order valence-corrected chi connectivity index (χ4v) is 6.22. The predicted octanol–water partition coefficient (Wildman–Crippen LogP) is 9.81. The van der Waals surface area contributed by atoms with Crippen LogP contribution in [0, 0.1) is 0 Å². The van der Waals surface area contributed by atoms with Crippen LogP contribution < -0.4 is 0 Å². The highest BCUT2D eigenvalue weighted by Gasteiger charge is 2.15. The van der Waals surface area contributed by atoms with Crippen LogP contribution in [-0.2, 0) is 0 Å². The van der Waals surface area contributed by atoms with Gasteiger partial charge in [0, 0.05) is 33.3 Å². The molecule has 39 heavy (non-hydrogen) atoms. The monoisotopic (exact) mass is 496 g/mol. The Bertz CT molecular complexity index is 2450. The molecule has 3 heteroatoms. The van der Waals surface area contributed by atoms with Crippen molar-refractivity contribution in [1.29, 1.82) is 0 Å². The van der Waals surface area contributed by atoms with E-state index in [2.05, 4.69) is 114 Å². The molecule has 0 aliphatic carbocycles. The standard InChI is InChI=1S/C36H20N2O/c1-3-9-26-24(7-1)25-8-2-4-10-27(25)30-20-34-31(19-29(26)30)28-15-13-23(18-33(28)39-34)32-16-14-22-12-11-21-6-5-17-37-35(21)36(22)38-32/h1-20H. The molecule has 0 saturated carbocycles. The van der Waals surface area contributed by atoms with E-state index in [1.54, 1.807) is 0 Å². The van der Waals surface area contributed by atoms with Gasteiger partial charge in [0.1, 0.15) is 11.2 Å². The Kier molecular flexibility index (Phi) is 4.05. The summed E-state index contributed by atoms with van der Waals surface area (Å²) in [6, 6.07) is 40.7. The Hall–Kier alpha value is -5.28. The summed E-state index contributed by atoms with van der Waals surface area (Å²) >= 11 is 0. The molecule has 3 nitrogen and oxygen atoms in total. The first kappa shape index (κ1) is 20.7. The van der Waals surface area contributed by atoms with Crippen molar-refractivity contribution in [3.63, 3.8) is 0 Å². The van der Waals surface area contributed by atoms with Crippen molar-refractivity contribution in [3.8, 4) is 11.3 Å². The van der Waals surface area contributed by atoms with Crippen molar-refractivity contribution >= 4 is 76.1 Å². The number of pyridine rings is 2. The van der Waals surface area contributed by atoms with Crippen LogP contribution in [0.5, 0.6) is 0 Å². The number of benzene rings is 6. The lowest BCUT2D eigenvalue weighted by Gasteiger charge is -2.10. The van der Waals surface area contributed by atoms with Crippen molar-refractivity contribution in [2.24, 2.45) is 0 Å². The fraction of sp³-hybridized carbons (Fsp3) is 0. The van der Waals surface area contributed by atoms with Gasteiger partial charge in [-0.15, -0.1) is 0 Å². The van der Waals surface area contributed by atoms with Gasteiger partial charge in [0.05, 0.1) is 16.7 Å². The quantitative estimate of drug-likeness (QED) is 0.212. The lowest BCUT2D eigenvalue weighted by molar-refractivity contribution is 0.669. The number of rotatable bonds is 1. The number of hydrogen-bond donors (Lipinski definition) is 0. The summed E-state index contributed by atoms with van der Waals surface area (Å²) in [6.07, 6.45) is 1.83. The second kappa shape index (κ2) is 7.62. The molecule has 0 aliphatic heterocycles. The van der Waals surface area contributed by atoms with E-state index in [0.29, 0.717) is 0 Å². The van der Waals surface area contributed by atoms with Gasteiger partial charge in [-0.25, -0.2) is 4.98 Å². The molecular formula is C36H20N2O. The van der Waals surface area contributed by atoms with E-state index in [1.165, 1.54) is 32.3 Å². The summed E-state index contributed by atoms with van der Waals surface area (Å²) in [4.78, 5) is 9.65. The summed E-state index contributed by atoms with van der Waals surface area (Å²) in [5.74, 6) is 0. The molecule has 3 heterocycles. The summed E-state index contributed by atoms with van der Waals surface area (Å²) in [6.45, 7) is 0. The highest BCUT2D eigenvalue weighted by atomic mass is 16.3. The van der Waals surface area contributed by atoms with Gasteiger partial charge in [0.25, 0.3) is 0 Å². The molecule has 0 radical (unpaired) electrons. The Morgan fingerprint density at radius 1 is 0.436 bits per heavy atom. The van der Waals surface area contributed by atoms with Gasteiger partial charge in [-0.1, -0.05) is 78.9 Å². The van der Waals surface area contributed by atoms with Crippen molar-refractivity contribution in [2.75, 3.05) is 0 Å². The van der Waals surface area contributed by atoms with Gasteiger partial charge in [-0.3, -0.25) is 4.98 Å². The van der Waals surface area contributed by atoms with E-state index in [9.17, 15) is 0 Å². The molecule has 6 aromatic carbocycles. The van der Waals surface area contributed by atoms with Crippen molar-refractivity contribution < 1.29 is 4.42 Å². The normalized spacial score (nSPS) is 12.1. The Morgan fingerprint density at radius 3 is 1.85 bits per heavy atom. The molecule has 0 aliphatic rings. The first-order valence-corrected chi connectivity index (χ1v) is 13.2. The largest absolute Gasteiger partial charge is 0.456 e. The predicted molar refractivity (Wildman–Crippen MR) is 162 cm³/mol. The average molecular weight is 497 g/mol. The van der Waals surface area contributed by atoms with E-state index >= 15 is 0 Å². The maximum absolute atomic E-state index is 6.50. The van der Waals surface area contributed by atoms with E-state index in [0.717, 1.165) is 55.0 Å². The van der Waals surface area contributed by atoms with Crippen LogP contribution in [-0.4, -0.2) is 9.97 Å². The van der Waals surface area contributed by atoms with Gasteiger partial charge < -0.3 is 4.42 Å². The molecule has 0 bridgehead atoms. The van der Waals surface area contributed by atoms with Crippen molar-refractivity contribution in [3.05, 3.63) is 121 Å². The van der Waals surface area contributed by atoms with E-state index < -0.39 is 0 Å². The third kappa shape index (κ3) is 2.93. The number of fused-ring (bicyclic) bond motifs is 12. The molecule has 0 N–H and O–H groups in total. The summed E-state index contributed by atoms with van der Waals surface area (Å²) in [5, 5.41) is 11.9. The van der Waals surface area contributed by atoms with Crippen LogP contribution in [0.2, 0.25) is 0 Å². The van der Waals surface area contributed by atoms with Crippen LogP contribution in [0.25, 0.3) is 87.3 Å². The minimum atomic E-state index is 0.865. The molecule has 0 amide bonds. The molecule has 9 aromatic rings. The first-order valence-electron chi connectivity index (χ1n) is 13.2. The van der Waals surface area contributed by atoms with Crippen LogP contribution in [0.1, 0.15) is 0 Å². The zero-order valence-corrected chi connectivity index (χ0v) is 20.8. The third-order valence-electron chi connectivity index (χ3n) is 8.06. The van der Waals surface area contributed by atoms with Gasteiger partial charge in [0.2, 0.25) is 0 Å². The second-order valence-electron chi connectivity index (χ2n) is 10.2. The molecule has 3 aromatic heterocycles. The molecule has 9 rings (SSSR count). The zero-order chi connectivity index (χ0) is 25.5. The SMILES string of the molecule is c1cnc2c(c1)ccc1ccc(-c3ccc4c(c3)oc3cc5c6ccccc6c6ccccc6c5cc34)nc12. The highest BCUT2D eigenvalue weighted by Crippen LogP contribution is 2.40. The molecular weight excluding hydrogens is 476 g/mol. The fourth-order valence-electron chi connectivity index (χ4n) is 6.22. The topological polar surface area (TPSA) is 38.9 Å². The van der Waals surface area contributed by atoms with E-state index in [1.807, 2.05) is 12.3 Å². The van der Waals surface area contributed by atoms with Crippen molar-refractivity contribution in [2.45, 2.75) is 0 Å². The number of nitrogens with zero attached hydrogens (tertiary/aromatic N) is 2. The van der Waals surface area contributed by atoms with Gasteiger partial charge >= 0.3 is 0 Å². The lowest BCUT2D eigenvalue weighted by Crippen LogP contribution is -1.88. The first-order chi connectivity index (χ1) is 19.3. The third-order valence-corrected chi connectivity index (χ3v) is 8.06. The summed E-state index contributed by atoms with van der Waals surface area (Å²) in [7, 11) is 0. The number of hydrogen-bond acceptors (Lipinski definition) is 3. The summed E-state index contributed by atoms with van der Waals surface area (Å²) < 4.78 is 6.50. The van der Waals surface area contributed by atoms with Gasteiger partial charge in [-0.05, 0) is 68.7 Å². The smallest absolute Gasteiger partial charge is 0.136 e. The Labute approximate surface area is 222 Å². The average Bonchev–Trinajstić information content (AvgIpc) is 3.37. The Morgan fingerprint density at radius 2 is 1.08 bits per heavy atom. The van der Waals surface area contributed by atoms with Crippen LogP contribution in [0.3, 0.4) is 0 Å². The molecule has 0 atom stereocenters. The molecule has 0 unspecified atom stereocenters. The maximum atomic E-state index is 6.50. The lowest BCUT2D eigenvalue weighted by atomic mass is 9.93. The number of furan rings is 1. The molecule has 0 saturated heterocycles. The van der Waals surface area contributed by atoms with Gasteiger partial charge in [0.15, 0.2) is 0 Å². The zero-order valence-electron chi connectivity index (χ0n) is 20.8. The second-order valence-corrected chi connectivity index (χ2v) is 10.2. The molecule has 180 valence electrons. The van der Waals surface area contributed by atoms with E-state index in [-0.39, 0.29) is 0 Å². The molecule has 0 fully saturated rings. The van der Waals surface area contributed by atoms with Gasteiger partial charge in [-0.2, -0.15) is 0 Å². The maximum Gasteiger partial charge on any atom is 0.136 e. The van der Waals surface area contributed by atoms with Crippen LogP contribution in [0.4, 0.5) is 0 Å². The van der Waals surface area contributed by atoms with Crippen LogP contribution in [0.15, 0.2) is 126 Å². The highest BCUT2D eigenvalue weighted by molar-refractivity contribution is 6.28. The van der Waals surface area contributed by atoms with Crippen molar-refractivity contribution in [1.82, 2.24) is 9.97 Å². The van der Waals surface area contributed by atoms with E-state index in [4.69, 9.17) is 9.40 Å². The number of aromatic nitrogens is 2.